The van der Waals surface area contributed by atoms with Gasteiger partial charge in [-0.3, -0.25) is 5.41 Å². The van der Waals surface area contributed by atoms with Crippen molar-refractivity contribution in [1.82, 2.24) is 10.2 Å². The number of hydrogen-bond donors (Lipinski definition) is 2. The fourth-order valence-electron chi connectivity index (χ4n) is 1.22. The van der Waals surface area contributed by atoms with Gasteiger partial charge in [-0.2, -0.15) is 0 Å². The van der Waals surface area contributed by atoms with Crippen LogP contribution in [0.25, 0.3) is 0 Å². The maximum Gasteiger partial charge on any atom is 0.179 e. The van der Waals surface area contributed by atoms with Gasteiger partial charge in [0, 0.05) is 15.5 Å². The summed E-state index contributed by atoms with van der Waals surface area (Å²) in [5.74, 6) is 0.0174. The first-order valence-electron chi connectivity index (χ1n) is 4.79. The lowest BCUT2D eigenvalue weighted by Crippen LogP contribution is -2.12. The van der Waals surface area contributed by atoms with Crippen molar-refractivity contribution in [3.63, 3.8) is 0 Å². The molecular formula is C10H9ClN4S3. The maximum atomic E-state index is 7.54. The smallest absolute Gasteiger partial charge is 0.179 e. The van der Waals surface area contributed by atoms with Crippen LogP contribution in [-0.4, -0.2) is 22.3 Å². The van der Waals surface area contributed by atoms with E-state index in [4.69, 9.17) is 22.7 Å². The summed E-state index contributed by atoms with van der Waals surface area (Å²) in [7, 11) is 0. The third-order valence-corrected chi connectivity index (χ3v) is 5.24. The molecule has 18 heavy (non-hydrogen) atoms. The van der Waals surface area contributed by atoms with Crippen LogP contribution in [0.1, 0.15) is 5.56 Å². The van der Waals surface area contributed by atoms with Crippen molar-refractivity contribution in [3.8, 4) is 0 Å². The van der Waals surface area contributed by atoms with Crippen LogP contribution in [-0.2, 0) is 0 Å². The van der Waals surface area contributed by atoms with E-state index in [1.165, 1.54) is 23.1 Å². The molecular weight excluding hydrogens is 308 g/mol. The van der Waals surface area contributed by atoms with Gasteiger partial charge < -0.3 is 5.73 Å². The Kier molecular flexibility index (Phi) is 4.50. The predicted molar refractivity (Wildman–Crippen MR) is 78.3 cm³/mol. The molecule has 1 aromatic carbocycles. The van der Waals surface area contributed by atoms with Crippen LogP contribution < -0.4 is 5.73 Å². The fourth-order valence-corrected chi connectivity index (χ4v) is 4.03. The van der Waals surface area contributed by atoms with Gasteiger partial charge in [0.2, 0.25) is 0 Å². The fraction of sp³-hybridized carbons (Fsp3) is 0.100. The van der Waals surface area contributed by atoms with Crippen molar-refractivity contribution in [1.29, 1.82) is 5.41 Å². The van der Waals surface area contributed by atoms with E-state index in [1.54, 1.807) is 30.0 Å². The molecule has 0 fully saturated rings. The highest BCUT2D eigenvalue weighted by atomic mass is 35.5. The lowest BCUT2D eigenvalue weighted by atomic mass is 10.2. The third kappa shape index (κ3) is 3.17. The average molecular weight is 317 g/mol. The molecule has 1 heterocycles. The summed E-state index contributed by atoms with van der Waals surface area (Å²) in [6.07, 6.45) is 1.95. The molecule has 3 N–H and O–H groups in total. The topological polar surface area (TPSA) is 75.7 Å². The second kappa shape index (κ2) is 5.92. The van der Waals surface area contributed by atoms with Crippen LogP contribution in [0.2, 0.25) is 5.02 Å². The quantitative estimate of drug-likeness (QED) is 0.514. The first kappa shape index (κ1) is 13.7. The Morgan fingerprint density at radius 2 is 2.11 bits per heavy atom. The average Bonchev–Trinajstić information content (AvgIpc) is 2.76. The van der Waals surface area contributed by atoms with E-state index >= 15 is 0 Å². The first-order chi connectivity index (χ1) is 8.60. The van der Waals surface area contributed by atoms with E-state index in [9.17, 15) is 0 Å². The summed E-state index contributed by atoms with van der Waals surface area (Å²) in [5.41, 5.74) is 6.20. The van der Waals surface area contributed by atoms with Gasteiger partial charge in [0.15, 0.2) is 8.68 Å². The van der Waals surface area contributed by atoms with E-state index < -0.39 is 0 Å². The van der Waals surface area contributed by atoms with Gasteiger partial charge >= 0.3 is 0 Å². The molecule has 0 aliphatic rings. The van der Waals surface area contributed by atoms with Gasteiger partial charge in [-0.25, -0.2) is 0 Å². The molecule has 2 rings (SSSR count). The Hall–Kier alpha value is -0.760. The number of thioether (sulfide) groups is 1. The summed E-state index contributed by atoms with van der Waals surface area (Å²) in [6, 6.07) is 5.24. The van der Waals surface area contributed by atoms with E-state index in [-0.39, 0.29) is 5.84 Å². The van der Waals surface area contributed by atoms with Gasteiger partial charge in [-0.05, 0) is 24.5 Å². The second-order valence-corrected chi connectivity index (χ2v) is 6.95. The molecule has 0 spiro atoms. The van der Waals surface area contributed by atoms with Crippen LogP contribution in [0.5, 0.6) is 0 Å². The van der Waals surface area contributed by atoms with Crippen molar-refractivity contribution < 1.29 is 0 Å². The predicted octanol–water partition coefficient (Wildman–Crippen LogP) is 3.35. The molecule has 4 nitrogen and oxygen atoms in total. The van der Waals surface area contributed by atoms with Gasteiger partial charge in [0.25, 0.3) is 0 Å². The normalized spacial score (nSPS) is 10.6. The van der Waals surface area contributed by atoms with E-state index in [0.717, 1.165) is 13.6 Å². The molecule has 0 saturated carbocycles. The summed E-state index contributed by atoms with van der Waals surface area (Å²) in [4.78, 5) is 0.818. The molecule has 94 valence electrons. The molecule has 1 aromatic heterocycles. The van der Waals surface area contributed by atoms with Crippen LogP contribution in [0.15, 0.2) is 31.8 Å². The summed E-state index contributed by atoms with van der Waals surface area (Å²) >= 11 is 10.4. The largest absolute Gasteiger partial charge is 0.384 e. The Bertz CT molecular complexity index is 584. The molecule has 8 heteroatoms. The SMILES string of the molecule is CSc1nnc(Sc2cc(Cl)ccc2C(=N)N)s1. The lowest BCUT2D eigenvalue weighted by Gasteiger charge is -2.06. The number of benzene rings is 1. The zero-order chi connectivity index (χ0) is 13.1. The summed E-state index contributed by atoms with van der Waals surface area (Å²) < 4.78 is 1.72. The van der Waals surface area contributed by atoms with Crippen molar-refractivity contribution in [2.45, 2.75) is 13.6 Å². The highest BCUT2D eigenvalue weighted by Crippen LogP contribution is 2.35. The first-order valence-corrected chi connectivity index (χ1v) is 8.03. The molecule has 0 amide bonds. The summed E-state index contributed by atoms with van der Waals surface area (Å²) in [5, 5.41) is 16.2. The highest BCUT2D eigenvalue weighted by molar-refractivity contribution is 8.03. The van der Waals surface area contributed by atoms with E-state index in [0.29, 0.717) is 10.6 Å². The van der Waals surface area contributed by atoms with Crippen molar-refractivity contribution >= 4 is 52.3 Å². The van der Waals surface area contributed by atoms with Gasteiger partial charge in [-0.1, -0.05) is 46.5 Å². The molecule has 0 atom stereocenters. The number of nitrogens with one attached hydrogen (secondary N) is 1. The van der Waals surface area contributed by atoms with Gasteiger partial charge in [0.1, 0.15) is 5.84 Å². The van der Waals surface area contributed by atoms with Gasteiger partial charge in [0.05, 0.1) is 0 Å². The minimum atomic E-state index is 0.0174. The van der Waals surface area contributed by atoms with Crippen LogP contribution in [0.3, 0.4) is 0 Å². The number of nitrogens with zero attached hydrogens (tertiary/aromatic N) is 2. The highest BCUT2D eigenvalue weighted by Gasteiger charge is 2.11. The molecule has 0 aliphatic carbocycles. The standard InChI is InChI=1S/C10H9ClN4S3/c1-16-9-14-15-10(18-9)17-7-4-5(11)2-3-6(7)8(12)13/h2-4H,1H3,(H3,12,13). The Morgan fingerprint density at radius 1 is 1.39 bits per heavy atom. The minimum absolute atomic E-state index is 0.0174. The zero-order valence-electron chi connectivity index (χ0n) is 9.31. The van der Waals surface area contributed by atoms with E-state index in [1.807, 2.05) is 6.26 Å². The Labute approximate surface area is 122 Å². The van der Waals surface area contributed by atoms with Crippen molar-refractivity contribution in [3.05, 3.63) is 28.8 Å². The number of amidine groups is 1. The third-order valence-electron chi connectivity index (χ3n) is 1.99. The molecule has 0 saturated heterocycles. The number of aromatic nitrogens is 2. The number of nitrogen functional groups attached to an aromatic ring is 1. The molecule has 0 bridgehead atoms. The molecule has 0 aliphatic heterocycles. The number of hydrogen-bond acceptors (Lipinski definition) is 6. The van der Waals surface area contributed by atoms with Gasteiger partial charge in [-0.15, -0.1) is 10.2 Å². The molecule has 2 aromatic rings. The number of nitrogens with two attached hydrogens (primary N) is 1. The second-order valence-electron chi connectivity index (χ2n) is 3.19. The summed E-state index contributed by atoms with van der Waals surface area (Å²) in [6.45, 7) is 0. The van der Waals surface area contributed by atoms with Crippen molar-refractivity contribution in [2.24, 2.45) is 5.73 Å². The van der Waals surface area contributed by atoms with Crippen LogP contribution in [0, 0.1) is 5.41 Å². The zero-order valence-corrected chi connectivity index (χ0v) is 12.5. The Morgan fingerprint density at radius 3 is 2.72 bits per heavy atom. The Balaban J connectivity index is 2.32. The molecule has 0 radical (unpaired) electrons. The lowest BCUT2D eigenvalue weighted by molar-refractivity contribution is 0.955. The van der Waals surface area contributed by atoms with Crippen LogP contribution in [0.4, 0.5) is 0 Å². The van der Waals surface area contributed by atoms with E-state index in [2.05, 4.69) is 10.2 Å². The number of rotatable bonds is 4. The number of halogens is 1. The monoisotopic (exact) mass is 316 g/mol. The maximum absolute atomic E-state index is 7.54. The van der Waals surface area contributed by atoms with Crippen molar-refractivity contribution in [2.75, 3.05) is 6.26 Å². The van der Waals surface area contributed by atoms with Crippen LogP contribution >= 0.6 is 46.5 Å². The minimum Gasteiger partial charge on any atom is -0.384 e. The molecule has 0 unspecified atom stereocenters.